The number of phenolic OH excluding ortho intramolecular Hbond substituents is 1. The first-order valence-electron chi connectivity index (χ1n) is 34.9. The van der Waals surface area contributed by atoms with Gasteiger partial charge in [-0.05, 0) is 219 Å². The summed E-state index contributed by atoms with van der Waals surface area (Å²) in [4.78, 5) is 57.5. The van der Waals surface area contributed by atoms with Crippen LogP contribution in [0, 0.1) is 116 Å². The standard InChI is InChI=1S/C17H12FN3O3.C16H10FN3O2.C14H8FN3O.C14H11FN2O.C7H3F2N.C7H9NO.C5H11NO2.C3H5BrO2.CH3Cl.CH2O3.2Cs.H/c1-23-17(22)10-21-15-4-3-14(7-12(15)9-20-21)24-16-5-2-13(18)6-11(16)8-19;1-10(21)20-15-4-3-14(7-12(15)9-19-20)22-16-5-2-13(17)6-11(16)8-18;15-11-1-4-14(9(5-11)7-16)19-12-2-3-13-10(6-12)8-17-18-13;1-9-6-12(3-4-13(9)17)18-14-5-2-11(15)7-10(14)8-16;8-6-1-2-7(9)5(3-6)4-10;1-5-4-6(9)2-3-7(5)8;1-5(2)3-4-8-6-7;1-6-3(5)2-4;1-2;2-1-4-3;;;/h2-7,9H,10H2,1H3;2-7,9H,1H3;1-6,8H,(H,17,18);2-7H,17H2,1H3;1-3H;2-4,9H,8H2,1H3;5H,3-4H2,1-2H3;2H2,1H3;1H3;1,3H;;;/q;;;;;;;;;;2*+1;-1/p-1. The number of carbonyl (C=O) groups is 4. The molecule has 0 aliphatic carbocycles. The molecule has 10 aromatic carbocycles. The predicted octanol–water partition coefficient (Wildman–Crippen LogP) is 12.1. The number of anilines is 2. The van der Waals surface area contributed by atoms with E-state index in [2.05, 4.69) is 86.3 Å². The first-order chi connectivity index (χ1) is 58.5. The summed E-state index contributed by atoms with van der Waals surface area (Å²) in [5.41, 5.74) is 16.9. The van der Waals surface area contributed by atoms with Gasteiger partial charge in [-0.1, -0.05) is 29.8 Å². The third kappa shape index (κ3) is 37.3. The molecular weight excluding hydrogens is 1950 g/mol. The second-order valence-electron chi connectivity index (χ2n) is 24.2. The molecule has 0 aliphatic rings. The SMILES string of the molecule is CC(=O)n1ncc2cc(Oc3ccc(F)cc3C#N)ccc21.CC(C)CCON=O.CCl.COC(=O)CBr.COC(=O)Cn1ncc2cc(Oc3ccc(F)cc3C#N)ccc21.Cc1cc(O)ccc1N.Cc1cc(Oc2ccc(F)cc2C#N)ccc1N.N#Cc1cc(F)ccc1F.N#Cc1cc(F)ccc1Oc1ccc2[nH]ncc2c1.O=CO[O-].[Cs+].[Cs+].[H-]. The minimum Gasteiger partial charge on any atom is -1.00 e. The van der Waals surface area contributed by atoms with E-state index in [9.17, 15) is 45.6 Å². The van der Waals surface area contributed by atoms with E-state index in [1.165, 1.54) is 91.5 Å². The Hall–Kier alpha value is -11.4. The van der Waals surface area contributed by atoms with E-state index in [4.69, 9.17) is 71.9 Å². The zero-order valence-corrected chi connectivity index (χ0v) is 82.7. The number of nitrogen functional groups attached to an aromatic ring is 2. The number of aromatic hydroxyl groups is 1. The molecule has 0 spiro atoms. The van der Waals surface area contributed by atoms with Gasteiger partial charge >= 0.3 is 150 Å². The van der Waals surface area contributed by atoms with Crippen molar-refractivity contribution in [3.8, 4) is 82.1 Å². The van der Waals surface area contributed by atoms with Gasteiger partial charge in [0.15, 0.2) is 5.34 Å². The van der Waals surface area contributed by atoms with Crippen molar-refractivity contribution in [2.24, 2.45) is 11.3 Å². The van der Waals surface area contributed by atoms with Crippen LogP contribution in [-0.2, 0) is 40.1 Å². The molecule has 29 nitrogen and oxygen atoms in total. The average Bonchev–Trinajstić information content (AvgIpc) is 1.68. The molecule has 3 heterocycles. The maximum Gasteiger partial charge on any atom is 1.00 e. The van der Waals surface area contributed by atoms with Crippen molar-refractivity contribution >= 4 is 95.9 Å². The first kappa shape index (κ1) is 109. The summed E-state index contributed by atoms with van der Waals surface area (Å²) in [7, 11) is 2.67. The summed E-state index contributed by atoms with van der Waals surface area (Å²) < 4.78 is 111. The van der Waals surface area contributed by atoms with E-state index < -0.39 is 40.9 Å². The number of carbonyl (C=O) groups excluding carboxylic acids is 4. The number of methoxy groups -OCH3 is 2. The number of hydrogen-bond donors (Lipinski definition) is 4. The van der Waals surface area contributed by atoms with Crippen molar-refractivity contribution in [3.05, 3.63) is 279 Å². The molecule has 0 unspecified atom stereocenters. The zero-order valence-electron chi connectivity index (χ0n) is 68.8. The molecule has 124 heavy (non-hydrogen) atoms. The van der Waals surface area contributed by atoms with E-state index in [0.717, 1.165) is 87.2 Å². The largest absolute Gasteiger partial charge is 1.00 e. The zero-order chi connectivity index (χ0) is 90.4. The normalized spacial score (nSPS) is 9.46. The number of alkyl halides is 2. The molecule has 39 heteroatoms. The van der Waals surface area contributed by atoms with Crippen molar-refractivity contribution in [1.29, 1.82) is 26.3 Å². The Morgan fingerprint density at radius 2 is 0.952 bits per heavy atom. The fraction of sp³-hybridized carbons (Fsp3) is 0.153. The number of phenols is 1. The molecule has 0 bridgehead atoms. The van der Waals surface area contributed by atoms with Crippen LogP contribution in [0.3, 0.4) is 0 Å². The fourth-order valence-electron chi connectivity index (χ4n) is 9.31. The van der Waals surface area contributed by atoms with Gasteiger partial charge in [0.25, 0.3) is 6.47 Å². The average molecular weight is 2030 g/mol. The van der Waals surface area contributed by atoms with Gasteiger partial charge in [0.05, 0.1) is 77.2 Å². The molecule has 6 N–H and O–H groups in total. The van der Waals surface area contributed by atoms with Gasteiger partial charge < -0.3 is 61.4 Å². The Morgan fingerprint density at radius 3 is 1.33 bits per heavy atom. The number of hydrogen-bond acceptors (Lipinski definition) is 26. The second kappa shape index (κ2) is 58.6. The van der Waals surface area contributed by atoms with Crippen LogP contribution in [-0.4, -0.2) is 91.7 Å². The van der Waals surface area contributed by atoms with Crippen LogP contribution in [0.1, 0.15) is 72.4 Å². The van der Waals surface area contributed by atoms with E-state index in [1.54, 1.807) is 104 Å². The number of aromatic nitrogens is 6. The summed E-state index contributed by atoms with van der Waals surface area (Å²) in [5, 5.41) is 81.2. The van der Waals surface area contributed by atoms with Gasteiger partial charge in [0.2, 0.25) is 5.91 Å². The van der Waals surface area contributed by atoms with Gasteiger partial charge in [-0.25, -0.2) is 31.0 Å². The number of benzene rings is 10. The van der Waals surface area contributed by atoms with Gasteiger partial charge in [-0.15, -0.1) is 16.5 Å². The van der Waals surface area contributed by atoms with Gasteiger partial charge in [-0.3, -0.25) is 29.0 Å². The molecule has 13 aromatic rings. The first-order valence-corrected chi connectivity index (χ1v) is 36.7. The monoisotopic (exact) mass is 2020 g/mol. The number of nitriles is 5. The van der Waals surface area contributed by atoms with E-state index in [1.807, 2.05) is 44.2 Å². The Balaban J connectivity index is 0.000000728. The van der Waals surface area contributed by atoms with Crippen LogP contribution in [0.4, 0.5) is 37.7 Å². The number of rotatable bonds is 16. The van der Waals surface area contributed by atoms with Crippen LogP contribution in [0.2, 0.25) is 0 Å². The number of ether oxygens (including phenoxy) is 6. The number of fused-ring (bicyclic) bond motifs is 3. The molecule has 632 valence electrons. The Bertz CT molecular complexity index is 5940. The molecule has 0 saturated carbocycles. The van der Waals surface area contributed by atoms with Crippen molar-refractivity contribution in [3.63, 3.8) is 0 Å². The third-order valence-corrected chi connectivity index (χ3v) is 15.7. The minimum atomic E-state index is -0.691. The second-order valence-corrected chi connectivity index (χ2v) is 24.8. The number of aryl methyl sites for hydroxylation is 2. The summed E-state index contributed by atoms with van der Waals surface area (Å²) in [6.07, 6.45) is 7.20. The Kier molecular flexibility index (Phi) is 51.3. The molecular formula is C85H74BrClCs2F6N14O15. The number of aromatic amines is 1. The van der Waals surface area contributed by atoms with E-state index in [0.29, 0.717) is 63.9 Å². The fourth-order valence-corrected chi connectivity index (χ4v) is 9.54. The number of nitrogens with one attached hydrogen (secondary N) is 1. The number of H-pyrrole nitrogens is 1. The number of nitrogens with zero attached hydrogens (tertiary/aromatic N) is 11. The summed E-state index contributed by atoms with van der Waals surface area (Å²) in [6, 6.07) is 52.7. The maximum atomic E-state index is 13.2. The number of esters is 2. The van der Waals surface area contributed by atoms with Crippen molar-refractivity contribution < 1.29 is 233 Å². The van der Waals surface area contributed by atoms with Crippen LogP contribution >= 0.6 is 27.5 Å². The Morgan fingerprint density at radius 1 is 0.565 bits per heavy atom. The molecule has 13 rings (SSSR count). The van der Waals surface area contributed by atoms with Gasteiger partial charge in [-0.2, -0.15) is 41.6 Å². The summed E-state index contributed by atoms with van der Waals surface area (Å²) in [5.74, 6) is 0.0534. The van der Waals surface area contributed by atoms with Crippen molar-refractivity contribution in [2.75, 3.05) is 44.0 Å². The van der Waals surface area contributed by atoms with E-state index in [-0.39, 0.29) is 215 Å². The van der Waals surface area contributed by atoms with Crippen LogP contribution < -0.4 is 173 Å². The van der Waals surface area contributed by atoms with Gasteiger partial charge in [0, 0.05) is 40.8 Å². The van der Waals surface area contributed by atoms with Crippen LogP contribution in [0.15, 0.2) is 206 Å². The molecule has 0 saturated heterocycles. The summed E-state index contributed by atoms with van der Waals surface area (Å²) in [6.45, 7) is 9.54. The van der Waals surface area contributed by atoms with Crippen LogP contribution in [0.5, 0.6) is 51.7 Å². The van der Waals surface area contributed by atoms with Gasteiger partial charge in [0.1, 0.15) is 135 Å². The molecule has 0 atom stereocenters. The number of nitrogens with two attached hydrogens (primary N) is 2. The van der Waals surface area contributed by atoms with Crippen molar-refractivity contribution in [1.82, 2.24) is 29.8 Å². The minimum absolute atomic E-state index is 0. The number of halogens is 8. The molecule has 0 fully saturated rings. The third-order valence-electron chi connectivity index (χ3n) is 15.3. The molecule has 0 amide bonds. The molecule has 0 radical (unpaired) electrons. The predicted molar refractivity (Wildman–Crippen MR) is 440 cm³/mol. The maximum absolute atomic E-state index is 13.2. The van der Waals surface area contributed by atoms with E-state index >= 15 is 0 Å². The van der Waals surface area contributed by atoms with Crippen LogP contribution in [0.25, 0.3) is 32.7 Å². The quantitative estimate of drug-likeness (QED) is 0.00667. The Labute approximate surface area is 838 Å². The molecule has 0 aliphatic heterocycles. The topological polar surface area (TPSA) is 450 Å². The smallest absolute Gasteiger partial charge is 1.00 e. The van der Waals surface area contributed by atoms with Crippen molar-refractivity contribution in [2.45, 2.75) is 47.6 Å². The summed E-state index contributed by atoms with van der Waals surface area (Å²) >= 11 is 7.54. The molecule has 3 aromatic heterocycles.